The quantitative estimate of drug-likeness (QED) is 0.315. The van der Waals surface area contributed by atoms with E-state index in [1.165, 1.54) is 12.1 Å². The van der Waals surface area contributed by atoms with Crippen LogP contribution in [0.5, 0.6) is 0 Å². The molecule has 1 saturated carbocycles. The van der Waals surface area contributed by atoms with Crippen LogP contribution in [-0.2, 0) is 12.1 Å². The van der Waals surface area contributed by atoms with Crippen LogP contribution < -0.4 is 4.90 Å². The largest absolute Gasteiger partial charge is 0.388 e. The summed E-state index contributed by atoms with van der Waals surface area (Å²) in [7, 11) is 0. The van der Waals surface area contributed by atoms with Crippen molar-refractivity contribution in [3.05, 3.63) is 96.5 Å². The van der Waals surface area contributed by atoms with Crippen LogP contribution >= 0.6 is 0 Å². The number of anilines is 1. The van der Waals surface area contributed by atoms with Crippen molar-refractivity contribution in [2.45, 2.75) is 43.9 Å². The van der Waals surface area contributed by atoms with Crippen molar-refractivity contribution in [3.63, 3.8) is 0 Å². The van der Waals surface area contributed by atoms with Crippen molar-refractivity contribution >= 4 is 16.9 Å². The Kier molecular flexibility index (Phi) is 5.95. The summed E-state index contributed by atoms with van der Waals surface area (Å²) in [6.07, 6.45) is 15.0. The monoisotopic (exact) mass is 552 g/mol. The van der Waals surface area contributed by atoms with E-state index in [2.05, 4.69) is 42.2 Å². The average molecular weight is 553 g/mol. The van der Waals surface area contributed by atoms with Crippen molar-refractivity contribution in [1.82, 2.24) is 34.3 Å². The second-order valence-corrected chi connectivity index (χ2v) is 11.1. The third-order valence-corrected chi connectivity index (χ3v) is 8.05. The maximum absolute atomic E-state index is 13.3. The van der Waals surface area contributed by atoms with Gasteiger partial charge in [0.05, 0.1) is 18.3 Å². The highest BCUT2D eigenvalue weighted by molar-refractivity contribution is 5.78. The van der Waals surface area contributed by atoms with Gasteiger partial charge in [-0.1, -0.05) is 18.2 Å². The molecule has 0 amide bonds. The minimum atomic E-state index is -1.34. The molecule has 1 atom stereocenters. The van der Waals surface area contributed by atoms with E-state index in [0.29, 0.717) is 30.0 Å². The lowest BCUT2D eigenvalue weighted by Crippen LogP contribution is -2.30. The van der Waals surface area contributed by atoms with Crippen LogP contribution in [-0.4, -0.2) is 63.3 Å². The van der Waals surface area contributed by atoms with E-state index in [1.54, 1.807) is 42.5 Å². The SMILES string of the molecule is CC(O)(c1ccc(F)cc1)c1cnc(C2=CCN(c3ncnn4cc(-c5cnn(CC6(O)CC6)c5)cc34)CC2)nc1. The number of halogens is 1. The topological polar surface area (TPSA) is 117 Å². The van der Waals surface area contributed by atoms with E-state index >= 15 is 0 Å². The highest BCUT2D eigenvalue weighted by atomic mass is 19.1. The molecule has 1 aromatic carbocycles. The summed E-state index contributed by atoms with van der Waals surface area (Å²) in [4.78, 5) is 15.9. The zero-order valence-electron chi connectivity index (χ0n) is 22.5. The molecule has 0 spiro atoms. The number of rotatable bonds is 7. The standard InChI is InChI=1S/C30H29FN8O2/c1-29(40,23-2-4-25(31)5-3-23)24-14-32-27(33-15-24)20-6-10-37(11-7-20)28-26-12-21(17-39(26)36-19-34-28)22-13-35-38(16-22)18-30(41)8-9-30/h2-6,12-17,19,40-41H,7-11,18H2,1H3. The highest BCUT2D eigenvalue weighted by Crippen LogP contribution is 2.37. The first kappa shape index (κ1) is 25.5. The van der Waals surface area contributed by atoms with Gasteiger partial charge < -0.3 is 15.1 Å². The van der Waals surface area contributed by atoms with Gasteiger partial charge in [0.1, 0.15) is 23.3 Å². The molecule has 208 valence electrons. The first-order valence-corrected chi connectivity index (χ1v) is 13.6. The van der Waals surface area contributed by atoms with Crippen LogP contribution in [0.25, 0.3) is 22.2 Å². The van der Waals surface area contributed by atoms with Gasteiger partial charge in [-0.05, 0) is 55.5 Å². The predicted molar refractivity (Wildman–Crippen MR) is 150 cm³/mol. The summed E-state index contributed by atoms with van der Waals surface area (Å²) in [6, 6.07) is 7.84. The molecule has 0 radical (unpaired) electrons. The Bertz CT molecular complexity index is 1750. The van der Waals surface area contributed by atoms with E-state index in [1.807, 2.05) is 23.1 Å². The fourth-order valence-electron chi connectivity index (χ4n) is 5.27. The van der Waals surface area contributed by atoms with Crippen LogP contribution in [0.15, 0.2) is 73.7 Å². The molecule has 7 rings (SSSR count). The molecular formula is C30H29FN8O2. The third kappa shape index (κ3) is 4.87. The van der Waals surface area contributed by atoms with Crippen molar-refractivity contribution in [1.29, 1.82) is 0 Å². The average Bonchev–Trinajstić information content (AvgIpc) is 3.34. The second kappa shape index (κ2) is 9.57. The van der Waals surface area contributed by atoms with Gasteiger partial charge in [-0.15, -0.1) is 0 Å². The lowest BCUT2D eigenvalue weighted by atomic mass is 9.90. The molecule has 41 heavy (non-hydrogen) atoms. The van der Waals surface area contributed by atoms with Crippen molar-refractivity contribution in [3.8, 4) is 11.1 Å². The molecule has 10 nitrogen and oxygen atoms in total. The van der Waals surface area contributed by atoms with E-state index in [9.17, 15) is 14.6 Å². The lowest BCUT2D eigenvalue weighted by Gasteiger charge is -2.27. The summed E-state index contributed by atoms with van der Waals surface area (Å²) in [5.74, 6) is 1.11. The van der Waals surface area contributed by atoms with Gasteiger partial charge >= 0.3 is 0 Å². The Balaban J connectivity index is 1.08. The normalized spacial score (nSPS) is 17.9. The zero-order chi connectivity index (χ0) is 28.2. The molecule has 2 N–H and O–H groups in total. The van der Waals surface area contributed by atoms with E-state index < -0.39 is 11.2 Å². The van der Waals surface area contributed by atoms with E-state index in [4.69, 9.17) is 0 Å². The zero-order valence-corrected chi connectivity index (χ0v) is 22.5. The Morgan fingerprint density at radius 1 is 0.976 bits per heavy atom. The summed E-state index contributed by atoms with van der Waals surface area (Å²) in [6.45, 7) is 3.52. The van der Waals surface area contributed by atoms with Gasteiger partial charge in [0.15, 0.2) is 11.6 Å². The molecule has 1 aliphatic heterocycles. The van der Waals surface area contributed by atoms with Crippen molar-refractivity contribution in [2.75, 3.05) is 18.0 Å². The number of fused-ring (bicyclic) bond motifs is 1. The Hall–Kier alpha value is -4.48. The van der Waals surface area contributed by atoms with E-state index in [-0.39, 0.29) is 5.82 Å². The molecule has 1 aliphatic carbocycles. The van der Waals surface area contributed by atoms with Crippen LogP contribution in [0, 0.1) is 5.82 Å². The maximum Gasteiger partial charge on any atom is 0.156 e. The molecule has 5 heterocycles. The van der Waals surface area contributed by atoms with Gasteiger partial charge in [0.2, 0.25) is 0 Å². The molecule has 0 saturated heterocycles. The molecule has 5 aromatic rings. The number of hydrogen-bond acceptors (Lipinski definition) is 8. The van der Waals surface area contributed by atoms with Crippen molar-refractivity contribution < 1.29 is 14.6 Å². The van der Waals surface area contributed by atoms with E-state index in [0.717, 1.165) is 53.8 Å². The van der Waals surface area contributed by atoms with Gasteiger partial charge in [-0.25, -0.2) is 23.9 Å². The highest BCUT2D eigenvalue weighted by Gasteiger charge is 2.40. The molecular weight excluding hydrogens is 523 g/mol. The molecule has 11 heteroatoms. The van der Waals surface area contributed by atoms with Gasteiger partial charge in [-0.2, -0.15) is 10.2 Å². The maximum atomic E-state index is 13.3. The number of hydrogen-bond donors (Lipinski definition) is 2. The molecule has 4 aromatic heterocycles. The minimum absolute atomic E-state index is 0.355. The fraction of sp³-hybridized carbons (Fsp3) is 0.300. The number of aromatic nitrogens is 7. The first-order chi connectivity index (χ1) is 19.8. The van der Waals surface area contributed by atoms with Crippen LogP contribution in [0.2, 0.25) is 0 Å². The predicted octanol–water partition coefficient (Wildman–Crippen LogP) is 3.60. The molecule has 0 bridgehead atoms. The minimum Gasteiger partial charge on any atom is -0.388 e. The number of nitrogens with zero attached hydrogens (tertiary/aromatic N) is 8. The molecule has 2 aliphatic rings. The smallest absolute Gasteiger partial charge is 0.156 e. The molecule has 1 fully saturated rings. The summed E-state index contributed by atoms with van der Waals surface area (Å²) in [5.41, 5.74) is 3.03. The number of aliphatic hydroxyl groups is 2. The second-order valence-electron chi connectivity index (χ2n) is 11.1. The van der Waals surface area contributed by atoms with Gasteiger partial charge in [0.25, 0.3) is 0 Å². The number of benzene rings is 1. The lowest BCUT2D eigenvalue weighted by molar-refractivity contribution is 0.101. The van der Waals surface area contributed by atoms with Crippen LogP contribution in [0.1, 0.15) is 43.1 Å². The fourth-order valence-corrected chi connectivity index (χ4v) is 5.27. The summed E-state index contributed by atoms with van der Waals surface area (Å²) in [5, 5.41) is 30.1. The van der Waals surface area contributed by atoms with Gasteiger partial charge in [0, 0.05) is 54.6 Å². The first-order valence-electron chi connectivity index (χ1n) is 13.6. The summed E-state index contributed by atoms with van der Waals surface area (Å²) >= 11 is 0. The molecule has 1 unspecified atom stereocenters. The van der Waals surface area contributed by atoms with Gasteiger partial charge in [-0.3, -0.25) is 4.68 Å². The van der Waals surface area contributed by atoms with Crippen LogP contribution in [0.4, 0.5) is 10.2 Å². The Morgan fingerprint density at radius 2 is 1.76 bits per heavy atom. The van der Waals surface area contributed by atoms with Crippen LogP contribution in [0.3, 0.4) is 0 Å². The summed E-state index contributed by atoms with van der Waals surface area (Å²) < 4.78 is 17.0. The third-order valence-electron chi connectivity index (χ3n) is 8.05. The van der Waals surface area contributed by atoms with Crippen molar-refractivity contribution in [2.24, 2.45) is 0 Å². The Morgan fingerprint density at radius 3 is 2.46 bits per heavy atom. The Labute approximate surface area is 235 Å².